The van der Waals surface area contributed by atoms with Crippen molar-refractivity contribution in [2.24, 2.45) is 0 Å². The number of aromatic nitrogens is 2. The summed E-state index contributed by atoms with van der Waals surface area (Å²) in [6.07, 6.45) is 4.05. The first-order chi connectivity index (χ1) is 14.0. The van der Waals surface area contributed by atoms with E-state index in [1.807, 2.05) is 0 Å². The van der Waals surface area contributed by atoms with Gasteiger partial charge in [-0.05, 0) is 31.5 Å². The average molecular weight is 391 g/mol. The number of nitrogens with zero attached hydrogens (tertiary/aromatic N) is 2. The van der Waals surface area contributed by atoms with Gasteiger partial charge in [-0.2, -0.15) is 5.10 Å². The van der Waals surface area contributed by atoms with Gasteiger partial charge in [0.15, 0.2) is 11.5 Å². The van der Waals surface area contributed by atoms with Crippen LogP contribution in [-0.2, 0) is 6.54 Å². The van der Waals surface area contributed by atoms with Gasteiger partial charge in [0.2, 0.25) is 0 Å². The van der Waals surface area contributed by atoms with Crippen LogP contribution in [0, 0.1) is 0 Å². The number of unbranched alkanes of at least 4 members (excludes halogenated alkanes) is 3. The molecule has 6 nitrogen and oxygen atoms in total. The third-order valence-corrected chi connectivity index (χ3v) is 4.83. The minimum Gasteiger partial charge on any atom is -0.321 e. The molecule has 150 valence electrons. The highest BCUT2D eigenvalue weighted by atomic mass is 16.2. The molecule has 6 heteroatoms. The van der Waals surface area contributed by atoms with Gasteiger partial charge in [-0.15, -0.1) is 0 Å². The van der Waals surface area contributed by atoms with E-state index in [1.54, 1.807) is 48.5 Å². The summed E-state index contributed by atoms with van der Waals surface area (Å²) < 4.78 is 1.39. The fourth-order valence-electron chi connectivity index (χ4n) is 3.25. The average Bonchev–Trinajstić information content (AvgIpc) is 2.73. The monoisotopic (exact) mass is 391 g/mol. The lowest BCUT2D eigenvalue weighted by molar-refractivity contribution is 0.100. The summed E-state index contributed by atoms with van der Waals surface area (Å²) in [4.78, 5) is 37.3. The second kappa shape index (κ2) is 9.28. The fourth-order valence-corrected chi connectivity index (χ4v) is 3.25. The fraction of sp³-hybridized carbons (Fsp3) is 0.304. The minimum absolute atomic E-state index is 0.0784. The number of hydrogen-bond donors (Lipinski definition) is 1. The number of ketones is 1. The summed E-state index contributed by atoms with van der Waals surface area (Å²) >= 11 is 0. The van der Waals surface area contributed by atoms with Crippen molar-refractivity contribution in [1.29, 1.82) is 0 Å². The molecular weight excluding hydrogens is 366 g/mol. The molecule has 0 aliphatic rings. The summed E-state index contributed by atoms with van der Waals surface area (Å²) in [6.45, 7) is 4.08. The predicted molar refractivity (Wildman–Crippen MR) is 115 cm³/mol. The number of aryl methyl sites for hydroxylation is 1. The maximum Gasteiger partial charge on any atom is 0.276 e. The van der Waals surface area contributed by atoms with Crippen molar-refractivity contribution in [1.82, 2.24) is 9.78 Å². The molecule has 0 bridgehead atoms. The van der Waals surface area contributed by atoms with Crippen LogP contribution in [0.3, 0.4) is 0 Å². The summed E-state index contributed by atoms with van der Waals surface area (Å²) in [5.41, 5.74) is 1.03. The van der Waals surface area contributed by atoms with Crippen molar-refractivity contribution in [3.63, 3.8) is 0 Å². The Kier molecular flexibility index (Phi) is 6.54. The van der Waals surface area contributed by atoms with Crippen LogP contribution in [0.15, 0.2) is 53.3 Å². The van der Waals surface area contributed by atoms with E-state index in [2.05, 4.69) is 17.3 Å². The third kappa shape index (κ3) is 4.77. The molecule has 1 aromatic heterocycles. The lowest BCUT2D eigenvalue weighted by Gasteiger charge is -2.12. The Labute approximate surface area is 169 Å². The SMILES string of the molecule is CCCCCCn1nc(C(=O)Nc2cccc(C(C)=O)c2)c2ccccc2c1=O. The van der Waals surface area contributed by atoms with Crippen LogP contribution in [0.1, 0.15) is 60.4 Å². The summed E-state index contributed by atoms with van der Waals surface area (Å²) in [6, 6.07) is 13.8. The van der Waals surface area contributed by atoms with Crippen molar-refractivity contribution in [2.45, 2.75) is 46.1 Å². The third-order valence-electron chi connectivity index (χ3n) is 4.83. The van der Waals surface area contributed by atoms with E-state index in [4.69, 9.17) is 0 Å². The smallest absolute Gasteiger partial charge is 0.276 e. The number of hydrogen-bond acceptors (Lipinski definition) is 4. The first-order valence-corrected chi connectivity index (χ1v) is 9.93. The molecule has 0 radical (unpaired) electrons. The van der Waals surface area contributed by atoms with E-state index in [0.717, 1.165) is 25.7 Å². The Morgan fingerprint density at radius 2 is 1.76 bits per heavy atom. The zero-order valence-electron chi connectivity index (χ0n) is 16.8. The molecule has 3 rings (SSSR count). The number of carbonyl (C=O) groups excluding carboxylic acids is 2. The largest absolute Gasteiger partial charge is 0.321 e. The second-order valence-corrected chi connectivity index (χ2v) is 7.07. The Bertz CT molecular complexity index is 1100. The van der Waals surface area contributed by atoms with Gasteiger partial charge in [-0.1, -0.05) is 56.5 Å². The Balaban J connectivity index is 1.95. The lowest BCUT2D eigenvalue weighted by atomic mass is 10.1. The van der Waals surface area contributed by atoms with E-state index < -0.39 is 5.91 Å². The van der Waals surface area contributed by atoms with E-state index in [-0.39, 0.29) is 17.0 Å². The van der Waals surface area contributed by atoms with E-state index in [1.165, 1.54) is 11.6 Å². The molecule has 0 aliphatic carbocycles. The molecule has 1 heterocycles. The maximum atomic E-state index is 13.0. The first-order valence-electron chi connectivity index (χ1n) is 9.93. The Morgan fingerprint density at radius 1 is 1.00 bits per heavy atom. The molecule has 3 aromatic rings. The number of rotatable bonds is 8. The molecule has 0 saturated carbocycles. The highest BCUT2D eigenvalue weighted by molar-refractivity contribution is 6.11. The second-order valence-electron chi connectivity index (χ2n) is 7.07. The zero-order valence-corrected chi connectivity index (χ0v) is 16.8. The zero-order chi connectivity index (χ0) is 20.8. The molecule has 0 fully saturated rings. The number of anilines is 1. The summed E-state index contributed by atoms with van der Waals surface area (Å²) in [5, 5.41) is 8.17. The number of nitrogens with one attached hydrogen (secondary N) is 1. The summed E-state index contributed by atoms with van der Waals surface area (Å²) in [7, 11) is 0. The predicted octanol–water partition coefficient (Wildman–Crippen LogP) is 4.43. The standard InChI is InChI=1S/C23H25N3O3/c1-3-4-5-8-14-26-23(29)20-13-7-6-12-19(20)21(25-26)22(28)24-18-11-9-10-17(15-18)16(2)27/h6-7,9-13,15H,3-5,8,14H2,1-2H3,(H,24,28). The van der Waals surface area contributed by atoms with Crippen molar-refractivity contribution in [2.75, 3.05) is 5.32 Å². The van der Waals surface area contributed by atoms with Gasteiger partial charge in [0.05, 0.1) is 5.39 Å². The topological polar surface area (TPSA) is 81.1 Å². The number of Topliss-reactive ketones (excluding diaryl/α,β-unsaturated/α-hetero) is 1. The van der Waals surface area contributed by atoms with Crippen LogP contribution < -0.4 is 10.9 Å². The van der Waals surface area contributed by atoms with Gasteiger partial charge >= 0.3 is 0 Å². The molecule has 29 heavy (non-hydrogen) atoms. The number of fused-ring (bicyclic) bond motifs is 1. The van der Waals surface area contributed by atoms with Gasteiger partial charge in [-0.3, -0.25) is 14.4 Å². The number of benzene rings is 2. The van der Waals surface area contributed by atoms with Gasteiger partial charge in [-0.25, -0.2) is 4.68 Å². The van der Waals surface area contributed by atoms with Crippen molar-refractivity contribution >= 4 is 28.2 Å². The molecule has 0 spiro atoms. The van der Waals surface area contributed by atoms with E-state index in [9.17, 15) is 14.4 Å². The molecule has 1 amide bonds. The quantitative estimate of drug-likeness (QED) is 0.455. The molecule has 0 saturated heterocycles. The van der Waals surface area contributed by atoms with E-state index >= 15 is 0 Å². The van der Waals surface area contributed by atoms with Crippen LogP contribution in [0.4, 0.5) is 5.69 Å². The maximum absolute atomic E-state index is 13.0. The summed E-state index contributed by atoms with van der Waals surface area (Å²) in [5.74, 6) is -0.491. The van der Waals surface area contributed by atoms with Crippen molar-refractivity contribution < 1.29 is 9.59 Å². The van der Waals surface area contributed by atoms with Crippen LogP contribution >= 0.6 is 0 Å². The highest BCUT2D eigenvalue weighted by Gasteiger charge is 2.17. The van der Waals surface area contributed by atoms with Gasteiger partial charge in [0.25, 0.3) is 11.5 Å². The van der Waals surface area contributed by atoms with Crippen LogP contribution in [0.2, 0.25) is 0 Å². The number of carbonyl (C=O) groups is 2. The van der Waals surface area contributed by atoms with Crippen LogP contribution in [0.5, 0.6) is 0 Å². The van der Waals surface area contributed by atoms with Gasteiger partial charge in [0, 0.05) is 23.2 Å². The molecule has 0 aliphatic heterocycles. The van der Waals surface area contributed by atoms with Crippen molar-refractivity contribution in [3.05, 3.63) is 70.1 Å². The molecule has 1 N–H and O–H groups in total. The van der Waals surface area contributed by atoms with E-state index in [0.29, 0.717) is 28.6 Å². The molecular formula is C23H25N3O3. The number of amides is 1. The Morgan fingerprint density at radius 3 is 2.48 bits per heavy atom. The van der Waals surface area contributed by atoms with Crippen molar-refractivity contribution in [3.8, 4) is 0 Å². The van der Waals surface area contributed by atoms with Crippen LogP contribution in [-0.4, -0.2) is 21.5 Å². The molecule has 0 atom stereocenters. The Hall–Kier alpha value is -3.28. The highest BCUT2D eigenvalue weighted by Crippen LogP contribution is 2.17. The normalized spacial score (nSPS) is 10.8. The van der Waals surface area contributed by atoms with Gasteiger partial charge < -0.3 is 5.32 Å². The first kappa shape index (κ1) is 20.5. The minimum atomic E-state index is -0.413. The lowest BCUT2D eigenvalue weighted by Crippen LogP contribution is -2.27. The molecule has 0 unspecified atom stereocenters. The van der Waals surface area contributed by atoms with Gasteiger partial charge in [0.1, 0.15) is 0 Å². The molecule has 2 aromatic carbocycles. The van der Waals surface area contributed by atoms with Crippen LogP contribution in [0.25, 0.3) is 10.8 Å².